The highest BCUT2D eigenvalue weighted by Gasteiger charge is 2.30. The molecule has 8 heteroatoms. The Labute approximate surface area is 133 Å². The van der Waals surface area contributed by atoms with Crippen molar-refractivity contribution in [1.29, 1.82) is 0 Å². The zero-order valence-electron chi connectivity index (χ0n) is 10.7. The molecule has 3 nitrogen and oxygen atoms in total. The van der Waals surface area contributed by atoms with Gasteiger partial charge in [0, 0.05) is 16.8 Å². The van der Waals surface area contributed by atoms with Gasteiger partial charge < -0.3 is 9.84 Å². The van der Waals surface area contributed by atoms with Gasteiger partial charge in [0.25, 0.3) is 0 Å². The largest absolute Gasteiger partial charge is 0.573 e. The van der Waals surface area contributed by atoms with E-state index in [0.717, 1.165) is 12.1 Å². The van der Waals surface area contributed by atoms with E-state index in [1.165, 1.54) is 30.5 Å². The molecule has 0 amide bonds. The smallest absolute Gasteiger partial charge is 0.506 e. The predicted molar refractivity (Wildman–Crippen MR) is 78.5 cm³/mol. The lowest BCUT2D eigenvalue weighted by atomic mass is 10.2. The van der Waals surface area contributed by atoms with Crippen LogP contribution >= 0.6 is 23.2 Å². The van der Waals surface area contributed by atoms with Gasteiger partial charge in [-0.1, -0.05) is 23.2 Å². The number of aliphatic imine (C=N–C) groups is 1. The van der Waals surface area contributed by atoms with Crippen LogP contribution in [0.4, 0.5) is 18.9 Å². The van der Waals surface area contributed by atoms with E-state index in [1.54, 1.807) is 0 Å². The van der Waals surface area contributed by atoms with Crippen LogP contribution in [0.25, 0.3) is 0 Å². The molecule has 116 valence electrons. The minimum absolute atomic E-state index is 0.0721. The fourth-order valence-corrected chi connectivity index (χ4v) is 2.07. The first-order valence-electron chi connectivity index (χ1n) is 5.82. The van der Waals surface area contributed by atoms with E-state index in [1.807, 2.05) is 0 Å². The van der Waals surface area contributed by atoms with E-state index in [9.17, 15) is 18.3 Å². The normalized spacial score (nSPS) is 11.9. The molecule has 2 aromatic rings. The van der Waals surface area contributed by atoms with Crippen LogP contribution in [0.2, 0.25) is 10.0 Å². The first-order valence-corrected chi connectivity index (χ1v) is 6.58. The van der Waals surface area contributed by atoms with Gasteiger partial charge in [0.15, 0.2) is 0 Å². The molecule has 0 aliphatic heterocycles. The monoisotopic (exact) mass is 349 g/mol. The van der Waals surface area contributed by atoms with Gasteiger partial charge in [-0.25, -0.2) is 0 Å². The minimum Gasteiger partial charge on any atom is -0.506 e. The molecule has 0 heterocycles. The third kappa shape index (κ3) is 4.54. The summed E-state index contributed by atoms with van der Waals surface area (Å²) >= 11 is 11.6. The van der Waals surface area contributed by atoms with Crippen molar-refractivity contribution in [3.63, 3.8) is 0 Å². The Morgan fingerprint density at radius 1 is 1.09 bits per heavy atom. The van der Waals surface area contributed by atoms with Gasteiger partial charge in [-0.15, -0.1) is 13.2 Å². The van der Waals surface area contributed by atoms with Crippen molar-refractivity contribution in [3.8, 4) is 11.5 Å². The van der Waals surface area contributed by atoms with E-state index >= 15 is 0 Å². The molecule has 0 aliphatic carbocycles. The van der Waals surface area contributed by atoms with Gasteiger partial charge in [-0.2, -0.15) is 0 Å². The summed E-state index contributed by atoms with van der Waals surface area (Å²) in [5.41, 5.74) is 0.651. The number of hydrogen-bond donors (Lipinski definition) is 1. The van der Waals surface area contributed by atoms with E-state index in [2.05, 4.69) is 9.73 Å². The van der Waals surface area contributed by atoms with E-state index in [-0.39, 0.29) is 22.1 Å². The number of halogens is 5. The second-order valence-corrected chi connectivity index (χ2v) is 4.97. The molecular formula is C14H8Cl2F3NO2. The van der Waals surface area contributed by atoms with Gasteiger partial charge in [0.05, 0.1) is 10.7 Å². The molecule has 0 saturated carbocycles. The highest BCUT2D eigenvalue weighted by molar-refractivity contribution is 6.36. The van der Waals surface area contributed by atoms with Gasteiger partial charge in [-0.3, -0.25) is 4.99 Å². The number of phenols is 1. The Bertz CT molecular complexity index is 700. The summed E-state index contributed by atoms with van der Waals surface area (Å²) in [5, 5.41) is 10.1. The van der Waals surface area contributed by atoms with Crippen LogP contribution in [0.15, 0.2) is 41.4 Å². The quantitative estimate of drug-likeness (QED) is 0.759. The molecule has 0 saturated heterocycles. The van der Waals surface area contributed by atoms with Crippen molar-refractivity contribution in [2.24, 2.45) is 4.99 Å². The Morgan fingerprint density at radius 2 is 1.73 bits per heavy atom. The maximum absolute atomic E-state index is 12.0. The van der Waals surface area contributed by atoms with Crippen molar-refractivity contribution in [1.82, 2.24) is 0 Å². The summed E-state index contributed by atoms with van der Waals surface area (Å²) in [6.45, 7) is 0. The van der Waals surface area contributed by atoms with Gasteiger partial charge in [0.2, 0.25) is 0 Å². The third-order valence-corrected chi connectivity index (χ3v) is 2.99. The number of rotatable bonds is 3. The van der Waals surface area contributed by atoms with E-state index in [0.29, 0.717) is 10.7 Å². The average molecular weight is 350 g/mol. The SMILES string of the molecule is Oc1c(Cl)cc(Cl)cc1C=Nc1ccc(OC(F)(F)F)cc1. The summed E-state index contributed by atoms with van der Waals surface area (Å²) in [5.74, 6) is -0.535. The van der Waals surface area contributed by atoms with Crippen molar-refractivity contribution in [3.05, 3.63) is 52.0 Å². The number of nitrogens with zero attached hydrogens (tertiary/aromatic N) is 1. The minimum atomic E-state index is -4.74. The van der Waals surface area contributed by atoms with Crippen molar-refractivity contribution in [2.75, 3.05) is 0 Å². The number of hydrogen-bond acceptors (Lipinski definition) is 3. The highest BCUT2D eigenvalue weighted by atomic mass is 35.5. The fourth-order valence-electron chi connectivity index (χ4n) is 1.56. The standard InChI is InChI=1S/C14H8Cl2F3NO2/c15-9-5-8(13(21)12(16)6-9)7-20-10-1-3-11(4-2-10)22-14(17,18)19/h1-7,21H. The molecule has 0 fully saturated rings. The zero-order valence-corrected chi connectivity index (χ0v) is 12.2. The maximum atomic E-state index is 12.0. The van der Waals surface area contributed by atoms with Crippen molar-refractivity contribution >= 4 is 35.1 Å². The first-order chi connectivity index (χ1) is 10.2. The topological polar surface area (TPSA) is 41.8 Å². The summed E-state index contributed by atoms with van der Waals surface area (Å²) in [4.78, 5) is 4.02. The summed E-state index contributed by atoms with van der Waals surface area (Å²) in [6.07, 6.45) is -3.44. The van der Waals surface area contributed by atoms with Crippen LogP contribution < -0.4 is 4.74 Å². The molecule has 1 N–H and O–H groups in total. The Kier molecular flexibility index (Phi) is 4.83. The van der Waals surface area contributed by atoms with E-state index < -0.39 is 6.36 Å². The number of ether oxygens (including phenoxy) is 1. The number of phenolic OH excluding ortho intramolecular Hbond substituents is 1. The lowest BCUT2D eigenvalue weighted by Crippen LogP contribution is -2.16. The second kappa shape index (κ2) is 6.46. The Morgan fingerprint density at radius 3 is 2.32 bits per heavy atom. The summed E-state index contributed by atoms with van der Waals surface area (Å²) < 4.78 is 39.8. The molecule has 0 spiro atoms. The van der Waals surface area contributed by atoms with Gasteiger partial charge >= 0.3 is 6.36 Å². The molecule has 0 aromatic heterocycles. The van der Waals surface area contributed by atoms with Crippen LogP contribution in [0.1, 0.15) is 5.56 Å². The summed E-state index contributed by atoms with van der Waals surface area (Å²) in [7, 11) is 0. The molecular weight excluding hydrogens is 342 g/mol. The molecule has 0 bridgehead atoms. The Hall–Kier alpha value is -1.92. The number of alkyl halides is 3. The van der Waals surface area contributed by atoms with Crippen LogP contribution in [-0.4, -0.2) is 17.7 Å². The van der Waals surface area contributed by atoms with Crippen LogP contribution in [-0.2, 0) is 0 Å². The molecule has 0 atom stereocenters. The maximum Gasteiger partial charge on any atom is 0.573 e. The Balaban J connectivity index is 2.17. The van der Waals surface area contributed by atoms with Crippen LogP contribution in [0, 0.1) is 0 Å². The lowest BCUT2D eigenvalue weighted by molar-refractivity contribution is -0.274. The molecule has 2 rings (SSSR count). The molecule has 0 unspecified atom stereocenters. The van der Waals surface area contributed by atoms with E-state index in [4.69, 9.17) is 23.2 Å². The lowest BCUT2D eigenvalue weighted by Gasteiger charge is -2.08. The highest BCUT2D eigenvalue weighted by Crippen LogP contribution is 2.30. The molecule has 0 aliphatic rings. The van der Waals surface area contributed by atoms with Crippen LogP contribution in [0.5, 0.6) is 11.5 Å². The zero-order chi connectivity index (χ0) is 16.3. The first kappa shape index (κ1) is 16.5. The number of aromatic hydroxyl groups is 1. The van der Waals surface area contributed by atoms with Crippen molar-refractivity contribution in [2.45, 2.75) is 6.36 Å². The van der Waals surface area contributed by atoms with Gasteiger partial charge in [0.1, 0.15) is 11.5 Å². The molecule has 22 heavy (non-hydrogen) atoms. The number of benzene rings is 2. The average Bonchev–Trinajstić information content (AvgIpc) is 2.41. The molecule has 0 radical (unpaired) electrons. The fraction of sp³-hybridized carbons (Fsp3) is 0.0714. The predicted octanol–water partition coefficient (Wildman–Crippen LogP) is 5.35. The second-order valence-electron chi connectivity index (χ2n) is 4.13. The summed E-state index contributed by atoms with van der Waals surface area (Å²) in [6, 6.07) is 7.75. The van der Waals surface area contributed by atoms with Gasteiger partial charge in [-0.05, 0) is 36.4 Å². The molecule has 2 aromatic carbocycles. The van der Waals surface area contributed by atoms with Crippen molar-refractivity contribution < 1.29 is 23.0 Å². The third-order valence-electron chi connectivity index (χ3n) is 2.48. The van der Waals surface area contributed by atoms with Crippen LogP contribution in [0.3, 0.4) is 0 Å².